The monoisotopic (exact) mass is 285 g/mol. The summed E-state index contributed by atoms with van der Waals surface area (Å²) < 4.78 is 13.6. The number of amides is 1. The van der Waals surface area contributed by atoms with Gasteiger partial charge in [0.15, 0.2) is 0 Å². The molecule has 1 amide bonds. The highest BCUT2D eigenvalue weighted by atomic mass is 35.5. The highest BCUT2D eigenvalue weighted by Gasteiger charge is 2.42. The Balaban J connectivity index is 2.22. The Morgan fingerprint density at radius 1 is 1.47 bits per heavy atom. The predicted molar refractivity (Wildman–Crippen MR) is 67.7 cm³/mol. The fraction of sp³-hybridized carbons (Fsp3) is 0.385. The molecule has 1 aromatic carbocycles. The summed E-state index contributed by atoms with van der Waals surface area (Å²) in [5, 5.41) is 9.38. The van der Waals surface area contributed by atoms with E-state index in [0.29, 0.717) is 13.0 Å². The Kier molecular flexibility index (Phi) is 3.49. The lowest BCUT2D eigenvalue weighted by molar-refractivity contribution is -0.147. The van der Waals surface area contributed by atoms with Crippen molar-refractivity contribution in [1.82, 2.24) is 4.90 Å². The van der Waals surface area contributed by atoms with E-state index in [0.717, 1.165) is 6.07 Å². The van der Waals surface area contributed by atoms with Gasteiger partial charge in [-0.3, -0.25) is 9.59 Å². The molecule has 0 unspecified atom stereocenters. The van der Waals surface area contributed by atoms with E-state index in [1.807, 2.05) is 0 Å². The van der Waals surface area contributed by atoms with E-state index < -0.39 is 23.1 Å². The standard InChI is InChI=1S/C13H13ClFNO3/c1-13(12(18)19)4-5-16(7-13)11(17)9-6-8(14)2-3-10(9)15/h2-3,6H,4-5,7H2,1H3,(H,18,19)/t13-/m1/s1. The largest absolute Gasteiger partial charge is 0.481 e. The summed E-state index contributed by atoms with van der Waals surface area (Å²) in [4.78, 5) is 24.6. The third-order valence-electron chi connectivity index (χ3n) is 3.44. The number of benzene rings is 1. The van der Waals surface area contributed by atoms with Crippen LogP contribution in [0.15, 0.2) is 18.2 Å². The van der Waals surface area contributed by atoms with E-state index in [2.05, 4.69) is 0 Å². The average Bonchev–Trinajstić information content (AvgIpc) is 2.76. The lowest BCUT2D eigenvalue weighted by Gasteiger charge is -2.20. The summed E-state index contributed by atoms with van der Waals surface area (Å²) in [7, 11) is 0. The topological polar surface area (TPSA) is 57.6 Å². The molecule has 1 atom stereocenters. The molecule has 1 aliphatic rings. The van der Waals surface area contributed by atoms with Crippen molar-refractivity contribution in [3.63, 3.8) is 0 Å². The first-order valence-corrected chi connectivity index (χ1v) is 6.19. The van der Waals surface area contributed by atoms with Gasteiger partial charge in [-0.05, 0) is 31.5 Å². The molecule has 0 aromatic heterocycles. The number of carbonyl (C=O) groups excluding carboxylic acids is 1. The van der Waals surface area contributed by atoms with Crippen molar-refractivity contribution in [2.75, 3.05) is 13.1 Å². The van der Waals surface area contributed by atoms with Crippen LogP contribution in [0.3, 0.4) is 0 Å². The van der Waals surface area contributed by atoms with Gasteiger partial charge in [-0.25, -0.2) is 4.39 Å². The normalized spacial score (nSPS) is 22.6. The van der Waals surface area contributed by atoms with Gasteiger partial charge in [0.05, 0.1) is 11.0 Å². The van der Waals surface area contributed by atoms with Crippen LogP contribution in [0.1, 0.15) is 23.7 Å². The smallest absolute Gasteiger partial charge is 0.311 e. The molecule has 102 valence electrons. The summed E-state index contributed by atoms with van der Waals surface area (Å²) in [6.07, 6.45) is 0.357. The van der Waals surface area contributed by atoms with Gasteiger partial charge in [0.25, 0.3) is 5.91 Å². The average molecular weight is 286 g/mol. The van der Waals surface area contributed by atoms with E-state index in [1.165, 1.54) is 17.0 Å². The number of hydrogen-bond donors (Lipinski definition) is 1. The van der Waals surface area contributed by atoms with E-state index in [-0.39, 0.29) is 17.1 Å². The molecule has 1 heterocycles. The summed E-state index contributed by atoms with van der Waals surface area (Å²) >= 11 is 5.74. The minimum absolute atomic E-state index is 0.0765. The van der Waals surface area contributed by atoms with Crippen LogP contribution in [0.25, 0.3) is 0 Å². The molecule has 19 heavy (non-hydrogen) atoms. The van der Waals surface area contributed by atoms with Gasteiger partial charge in [0, 0.05) is 18.1 Å². The van der Waals surface area contributed by atoms with E-state index in [1.54, 1.807) is 6.92 Å². The van der Waals surface area contributed by atoms with Crippen molar-refractivity contribution in [1.29, 1.82) is 0 Å². The van der Waals surface area contributed by atoms with E-state index in [9.17, 15) is 14.0 Å². The van der Waals surface area contributed by atoms with E-state index >= 15 is 0 Å². The number of carbonyl (C=O) groups is 2. The second kappa shape index (κ2) is 4.81. The van der Waals surface area contributed by atoms with Crippen LogP contribution in [0, 0.1) is 11.2 Å². The number of nitrogens with zero attached hydrogens (tertiary/aromatic N) is 1. The molecule has 6 heteroatoms. The molecular weight excluding hydrogens is 273 g/mol. The lowest BCUT2D eigenvalue weighted by atomic mass is 9.90. The fourth-order valence-electron chi connectivity index (χ4n) is 2.14. The maximum atomic E-state index is 13.6. The summed E-state index contributed by atoms with van der Waals surface area (Å²) in [5.74, 6) is -2.13. The van der Waals surface area contributed by atoms with Gasteiger partial charge in [0.1, 0.15) is 5.82 Å². The van der Waals surface area contributed by atoms with Gasteiger partial charge in [0.2, 0.25) is 0 Å². The van der Waals surface area contributed by atoms with Crippen molar-refractivity contribution < 1.29 is 19.1 Å². The molecule has 1 aliphatic heterocycles. The minimum atomic E-state index is -0.968. The number of carboxylic acid groups (broad SMARTS) is 1. The molecule has 4 nitrogen and oxygen atoms in total. The van der Waals surface area contributed by atoms with Crippen molar-refractivity contribution in [2.45, 2.75) is 13.3 Å². The van der Waals surface area contributed by atoms with Crippen LogP contribution < -0.4 is 0 Å². The van der Waals surface area contributed by atoms with Gasteiger partial charge in [-0.15, -0.1) is 0 Å². The first kappa shape index (κ1) is 13.8. The lowest BCUT2D eigenvalue weighted by Crippen LogP contribution is -2.35. The number of hydrogen-bond acceptors (Lipinski definition) is 2. The fourth-order valence-corrected chi connectivity index (χ4v) is 2.31. The molecule has 1 N–H and O–H groups in total. The molecule has 1 aromatic rings. The number of aliphatic carboxylic acids is 1. The number of halogens is 2. The van der Waals surface area contributed by atoms with Gasteiger partial charge < -0.3 is 10.0 Å². The molecule has 0 aliphatic carbocycles. The molecule has 0 spiro atoms. The molecule has 0 radical (unpaired) electrons. The van der Waals surface area contributed by atoms with Gasteiger partial charge in [-0.1, -0.05) is 11.6 Å². The highest BCUT2D eigenvalue weighted by molar-refractivity contribution is 6.31. The Bertz CT molecular complexity index is 549. The van der Waals surface area contributed by atoms with Crippen molar-refractivity contribution in [3.05, 3.63) is 34.6 Å². The van der Waals surface area contributed by atoms with Gasteiger partial charge in [-0.2, -0.15) is 0 Å². The Labute approximate surface area is 114 Å². The van der Waals surface area contributed by atoms with Crippen LogP contribution in [0.5, 0.6) is 0 Å². The van der Waals surface area contributed by atoms with Crippen molar-refractivity contribution >= 4 is 23.5 Å². The second-order valence-electron chi connectivity index (χ2n) is 4.97. The summed E-state index contributed by atoms with van der Waals surface area (Å²) in [6, 6.07) is 3.75. The summed E-state index contributed by atoms with van der Waals surface area (Å²) in [5.41, 5.74) is -1.09. The minimum Gasteiger partial charge on any atom is -0.481 e. The number of carboxylic acids is 1. The van der Waals surface area contributed by atoms with Gasteiger partial charge >= 0.3 is 5.97 Å². The zero-order chi connectivity index (χ0) is 14.2. The Morgan fingerprint density at radius 2 is 2.16 bits per heavy atom. The highest BCUT2D eigenvalue weighted by Crippen LogP contribution is 2.31. The number of rotatable bonds is 2. The zero-order valence-corrected chi connectivity index (χ0v) is 11.1. The third-order valence-corrected chi connectivity index (χ3v) is 3.67. The van der Waals surface area contributed by atoms with Crippen LogP contribution >= 0.6 is 11.6 Å². The maximum absolute atomic E-state index is 13.6. The predicted octanol–water partition coefficient (Wildman–Crippen LogP) is 2.42. The van der Waals surface area contributed by atoms with Crippen LogP contribution in [0.4, 0.5) is 4.39 Å². The second-order valence-corrected chi connectivity index (χ2v) is 5.40. The molecule has 0 bridgehead atoms. The molecule has 0 saturated carbocycles. The third kappa shape index (κ3) is 2.56. The van der Waals surface area contributed by atoms with Crippen LogP contribution in [-0.4, -0.2) is 35.0 Å². The van der Waals surface area contributed by atoms with Crippen LogP contribution in [-0.2, 0) is 4.79 Å². The quantitative estimate of drug-likeness (QED) is 0.908. The first-order valence-electron chi connectivity index (χ1n) is 5.81. The molecule has 1 saturated heterocycles. The number of likely N-dealkylation sites (tertiary alicyclic amines) is 1. The Morgan fingerprint density at radius 3 is 2.74 bits per heavy atom. The van der Waals surface area contributed by atoms with Crippen LogP contribution in [0.2, 0.25) is 5.02 Å². The Hall–Kier alpha value is -1.62. The SMILES string of the molecule is C[C@@]1(C(=O)O)CCN(C(=O)c2cc(Cl)ccc2F)C1. The molecular formula is C13H13ClFNO3. The van der Waals surface area contributed by atoms with Crippen molar-refractivity contribution in [2.24, 2.45) is 5.41 Å². The van der Waals surface area contributed by atoms with Crippen molar-refractivity contribution in [3.8, 4) is 0 Å². The first-order chi connectivity index (χ1) is 8.83. The maximum Gasteiger partial charge on any atom is 0.311 e. The summed E-state index contributed by atoms with van der Waals surface area (Å²) in [6.45, 7) is 1.96. The zero-order valence-electron chi connectivity index (χ0n) is 10.3. The van der Waals surface area contributed by atoms with E-state index in [4.69, 9.17) is 16.7 Å². The molecule has 1 fully saturated rings. The molecule has 2 rings (SSSR count).